The molecule has 3 N–H and O–H groups in total. The quantitative estimate of drug-likeness (QED) is 0.577. The zero-order valence-corrected chi connectivity index (χ0v) is 14.8. The summed E-state index contributed by atoms with van der Waals surface area (Å²) in [5, 5.41) is 25.5. The van der Waals surface area contributed by atoms with Crippen molar-refractivity contribution < 1.29 is 19.7 Å². The van der Waals surface area contributed by atoms with Crippen LogP contribution < -0.4 is 10.1 Å². The molecule has 0 saturated heterocycles. The molecule has 0 spiro atoms. The molecule has 9 heteroatoms. The van der Waals surface area contributed by atoms with E-state index >= 15 is 0 Å². The number of nitrogens with zero attached hydrogens (tertiary/aromatic N) is 4. The lowest BCUT2D eigenvalue weighted by atomic mass is 10.1. The van der Waals surface area contributed by atoms with E-state index in [2.05, 4.69) is 20.4 Å². The van der Waals surface area contributed by atoms with E-state index in [0.717, 1.165) is 22.4 Å². The molecule has 140 valence electrons. The molecule has 1 aromatic carbocycles. The number of nitrogens with one attached hydrogen (secondary N) is 1. The van der Waals surface area contributed by atoms with E-state index in [0.29, 0.717) is 11.8 Å². The molecule has 3 aromatic rings. The molecule has 0 unspecified atom stereocenters. The molecule has 0 amide bonds. The Labute approximate surface area is 155 Å². The van der Waals surface area contributed by atoms with Crippen LogP contribution in [0.3, 0.4) is 0 Å². The molecule has 9 nitrogen and oxygen atoms in total. The smallest absolute Gasteiger partial charge is 0.334 e. The van der Waals surface area contributed by atoms with Gasteiger partial charge < -0.3 is 20.3 Å². The van der Waals surface area contributed by atoms with Gasteiger partial charge in [-0.15, -0.1) is 0 Å². The summed E-state index contributed by atoms with van der Waals surface area (Å²) in [7, 11) is 1.54. The molecule has 0 aliphatic heterocycles. The summed E-state index contributed by atoms with van der Waals surface area (Å²) < 4.78 is 6.49. The van der Waals surface area contributed by atoms with Crippen molar-refractivity contribution >= 4 is 17.6 Å². The van der Waals surface area contributed by atoms with Crippen LogP contribution in [0.4, 0.5) is 11.6 Å². The number of anilines is 2. The van der Waals surface area contributed by atoms with Crippen LogP contribution in [0.5, 0.6) is 5.88 Å². The molecule has 2 heterocycles. The number of hydrogen-bond acceptors (Lipinski definition) is 7. The number of carboxylic acids is 1. The van der Waals surface area contributed by atoms with Crippen LogP contribution in [0.15, 0.2) is 42.9 Å². The molecule has 0 aliphatic carbocycles. The summed E-state index contributed by atoms with van der Waals surface area (Å²) in [6.45, 7) is 1.84. The lowest BCUT2D eigenvalue weighted by molar-refractivity contribution is -0.147. The molecule has 3 rings (SSSR count). The van der Waals surface area contributed by atoms with E-state index in [1.807, 2.05) is 25.1 Å². The van der Waals surface area contributed by atoms with Crippen molar-refractivity contribution in [2.75, 3.05) is 12.4 Å². The third kappa shape index (κ3) is 4.59. The molecular formula is C18H19N5O4. The van der Waals surface area contributed by atoms with E-state index in [-0.39, 0.29) is 6.54 Å². The van der Waals surface area contributed by atoms with Gasteiger partial charge in [-0.05, 0) is 30.2 Å². The van der Waals surface area contributed by atoms with E-state index in [9.17, 15) is 9.90 Å². The Balaban J connectivity index is 1.83. The van der Waals surface area contributed by atoms with Crippen molar-refractivity contribution in [1.29, 1.82) is 0 Å². The second kappa shape index (κ2) is 7.83. The molecule has 1 atom stereocenters. The lowest BCUT2D eigenvalue weighted by Crippen LogP contribution is -2.25. The van der Waals surface area contributed by atoms with E-state index in [1.165, 1.54) is 11.8 Å². The lowest BCUT2D eigenvalue weighted by Gasteiger charge is -2.09. The summed E-state index contributed by atoms with van der Waals surface area (Å²) >= 11 is 0. The third-order valence-corrected chi connectivity index (χ3v) is 3.78. The largest absolute Gasteiger partial charge is 0.481 e. The normalized spacial score (nSPS) is 11.8. The average molecular weight is 369 g/mol. The number of carbonyl (C=O) groups is 1. The van der Waals surface area contributed by atoms with Crippen LogP contribution in [0, 0.1) is 6.92 Å². The molecular weight excluding hydrogens is 350 g/mol. The molecule has 0 fully saturated rings. The second-order valence-corrected chi connectivity index (χ2v) is 5.94. The Morgan fingerprint density at radius 3 is 2.89 bits per heavy atom. The zero-order valence-electron chi connectivity index (χ0n) is 14.8. The van der Waals surface area contributed by atoms with Crippen molar-refractivity contribution in [2.45, 2.75) is 19.6 Å². The first-order valence-corrected chi connectivity index (χ1v) is 8.14. The van der Waals surface area contributed by atoms with Crippen molar-refractivity contribution in [1.82, 2.24) is 19.7 Å². The highest BCUT2D eigenvalue weighted by Crippen LogP contribution is 2.26. The molecule has 2 aromatic heterocycles. The van der Waals surface area contributed by atoms with Gasteiger partial charge in [-0.2, -0.15) is 10.1 Å². The number of aliphatic hydroxyl groups is 1. The number of hydrogen-bond donors (Lipinski definition) is 3. The molecule has 0 aliphatic rings. The Hall–Kier alpha value is -3.46. The number of aliphatic carboxylic acids is 1. The number of aromatic nitrogens is 4. The Morgan fingerprint density at radius 1 is 1.33 bits per heavy atom. The minimum absolute atomic E-state index is 0.121. The number of ether oxygens (including phenoxy) is 1. The van der Waals surface area contributed by atoms with E-state index in [1.54, 1.807) is 24.7 Å². The SMILES string of the molecule is COc1ccnc(Nc2cc(C)cc(-c3cnn(C[C@@H](O)C(=O)O)c3)c2)n1. The van der Waals surface area contributed by atoms with Crippen molar-refractivity contribution in [2.24, 2.45) is 0 Å². The highest BCUT2D eigenvalue weighted by Gasteiger charge is 2.15. The van der Waals surface area contributed by atoms with Crippen molar-refractivity contribution in [3.63, 3.8) is 0 Å². The number of aryl methyl sites for hydroxylation is 1. The fourth-order valence-electron chi connectivity index (χ4n) is 2.53. The van der Waals surface area contributed by atoms with Gasteiger partial charge in [0.05, 0.1) is 19.9 Å². The first kappa shape index (κ1) is 18.3. The number of benzene rings is 1. The summed E-state index contributed by atoms with van der Waals surface area (Å²) in [5.74, 6) is -0.419. The van der Waals surface area contributed by atoms with Gasteiger partial charge >= 0.3 is 5.97 Å². The minimum atomic E-state index is -1.50. The fourth-order valence-corrected chi connectivity index (χ4v) is 2.53. The van der Waals surface area contributed by atoms with E-state index < -0.39 is 12.1 Å². The summed E-state index contributed by atoms with van der Waals surface area (Å²) in [4.78, 5) is 19.2. The maximum Gasteiger partial charge on any atom is 0.334 e. The highest BCUT2D eigenvalue weighted by atomic mass is 16.5. The Kier molecular flexibility index (Phi) is 5.32. The number of carboxylic acid groups (broad SMARTS) is 1. The second-order valence-electron chi connectivity index (χ2n) is 5.94. The maximum atomic E-state index is 10.8. The van der Waals surface area contributed by atoms with Crippen LogP contribution in [0.1, 0.15) is 5.56 Å². The molecule has 0 radical (unpaired) electrons. The first-order chi connectivity index (χ1) is 12.9. The van der Waals surface area contributed by atoms with Crippen LogP contribution in [0.2, 0.25) is 0 Å². The van der Waals surface area contributed by atoms with Gasteiger partial charge in [-0.3, -0.25) is 4.68 Å². The van der Waals surface area contributed by atoms with Crippen molar-refractivity contribution in [3.8, 4) is 17.0 Å². The predicted octanol–water partition coefficient (Wildman–Crippen LogP) is 1.85. The third-order valence-electron chi connectivity index (χ3n) is 3.78. The van der Waals surface area contributed by atoms with Gasteiger partial charge in [0.2, 0.25) is 11.8 Å². The van der Waals surface area contributed by atoms with Gasteiger partial charge in [0.25, 0.3) is 0 Å². The van der Waals surface area contributed by atoms with Crippen LogP contribution in [-0.2, 0) is 11.3 Å². The van der Waals surface area contributed by atoms with Gasteiger partial charge in [0.1, 0.15) is 0 Å². The van der Waals surface area contributed by atoms with Crippen LogP contribution in [-0.4, -0.2) is 49.1 Å². The van der Waals surface area contributed by atoms with Crippen molar-refractivity contribution in [3.05, 3.63) is 48.4 Å². The van der Waals surface area contributed by atoms with Gasteiger partial charge in [-0.25, -0.2) is 9.78 Å². The number of rotatable bonds is 7. The highest BCUT2D eigenvalue weighted by molar-refractivity contribution is 5.72. The van der Waals surface area contributed by atoms with Crippen LogP contribution >= 0.6 is 0 Å². The summed E-state index contributed by atoms with van der Waals surface area (Å²) in [6, 6.07) is 7.50. The molecule has 0 bridgehead atoms. The summed E-state index contributed by atoms with van der Waals surface area (Å²) in [5.41, 5.74) is 3.48. The fraction of sp³-hybridized carbons (Fsp3) is 0.222. The van der Waals surface area contributed by atoms with Gasteiger partial charge in [0.15, 0.2) is 6.10 Å². The zero-order chi connectivity index (χ0) is 19.4. The van der Waals surface area contributed by atoms with Crippen LogP contribution in [0.25, 0.3) is 11.1 Å². The maximum absolute atomic E-state index is 10.8. The topological polar surface area (TPSA) is 122 Å². The minimum Gasteiger partial charge on any atom is -0.481 e. The monoisotopic (exact) mass is 369 g/mol. The van der Waals surface area contributed by atoms with E-state index in [4.69, 9.17) is 9.84 Å². The molecule has 0 saturated carbocycles. The molecule has 27 heavy (non-hydrogen) atoms. The Bertz CT molecular complexity index is 956. The predicted molar refractivity (Wildman–Crippen MR) is 97.9 cm³/mol. The van der Waals surface area contributed by atoms with Gasteiger partial charge in [0, 0.05) is 29.7 Å². The first-order valence-electron chi connectivity index (χ1n) is 8.14. The average Bonchev–Trinajstić information content (AvgIpc) is 3.10. The Morgan fingerprint density at radius 2 is 2.15 bits per heavy atom. The summed E-state index contributed by atoms with van der Waals surface area (Å²) in [6.07, 6.45) is 3.41. The number of methoxy groups -OCH3 is 1. The van der Waals surface area contributed by atoms with Gasteiger partial charge in [-0.1, -0.05) is 6.07 Å². The standard InChI is InChI=1S/C18H19N5O4/c1-11-5-12(13-8-20-23(9-13)10-15(24)17(25)26)7-14(6-11)21-18-19-4-3-16(22-18)27-2/h3-9,15,24H,10H2,1-2H3,(H,25,26)(H,19,21,22)/t15-/m1/s1. The number of aliphatic hydroxyl groups excluding tert-OH is 1.